The monoisotopic (exact) mass is 405 g/mol. The van der Waals surface area contributed by atoms with Gasteiger partial charge in [-0.25, -0.2) is 0 Å². The first-order chi connectivity index (χ1) is 14.4. The van der Waals surface area contributed by atoms with E-state index < -0.39 is 16.3 Å². The van der Waals surface area contributed by atoms with Gasteiger partial charge in [-0.3, -0.25) is 14.4 Å². The number of anilines is 2. The molecule has 3 aromatic carbocycles. The quantitative estimate of drug-likeness (QED) is 0.376. The largest absolute Gasteiger partial charge is 0.380 e. The van der Waals surface area contributed by atoms with Gasteiger partial charge < -0.3 is 16.0 Å². The van der Waals surface area contributed by atoms with Crippen LogP contribution in [0.25, 0.3) is 0 Å². The summed E-state index contributed by atoms with van der Waals surface area (Å²) in [5, 5.41) is 8.70. The molecule has 0 radical (unpaired) electrons. The Morgan fingerprint density at radius 1 is 0.833 bits per heavy atom. The van der Waals surface area contributed by atoms with Gasteiger partial charge in [0.05, 0.1) is 6.67 Å². The molecule has 0 heterocycles. The summed E-state index contributed by atoms with van der Waals surface area (Å²) in [6.07, 6.45) is 0. The van der Waals surface area contributed by atoms with Crippen LogP contribution in [0.3, 0.4) is 0 Å². The van der Waals surface area contributed by atoms with Gasteiger partial charge in [-0.15, -0.1) is 0 Å². The zero-order chi connectivity index (χ0) is 21.7. The molecule has 0 saturated carbocycles. The summed E-state index contributed by atoms with van der Waals surface area (Å²) >= 11 is 0. The van der Waals surface area contributed by atoms with E-state index in [1.807, 2.05) is 81.4 Å². The Bertz CT molecular complexity index is 1030. The number of carbonyl (C=O) groups is 1. The number of rotatable bonds is 9. The van der Waals surface area contributed by atoms with Gasteiger partial charge in [0.2, 0.25) is 5.91 Å². The van der Waals surface area contributed by atoms with Crippen molar-refractivity contribution in [3.63, 3.8) is 0 Å². The number of hydrogen-bond donors (Lipinski definition) is 3. The third kappa shape index (κ3) is 3.61. The lowest BCUT2D eigenvalue weighted by Crippen LogP contribution is -2.50. The van der Waals surface area contributed by atoms with Crippen LogP contribution in [0.5, 0.6) is 0 Å². The molecular weight excluding hydrogens is 378 g/mol. The minimum Gasteiger partial charge on any atom is -0.380 e. The van der Waals surface area contributed by atoms with Gasteiger partial charge in [0, 0.05) is 6.54 Å². The van der Waals surface area contributed by atoms with Gasteiger partial charge in [0.15, 0.2) is 0 Å². The fourth-order valence-electron chi connectivity index (χ4n) is 4.02. The zero-order valence-electron chi connectivity index (χ0n) is 17.5. The Kier molecular flexibility index (Phi) is 6.35. The van der Waals surface area contributed by atoms with Crippen LogP contribution in [0, 0.1) is 5.92 Å². The highest BCUT2D eigenvalue weighted by atomic mass is 16.2. The summed E-state index contributed by atoms with van der Waals surface area (Å²) in [6, 6.07) is 19.4. The number of benzene rings is 2. The van der Waals surface area contributed by atoms with E-state index in [0.717, 1.165) is 11.1 Å². The van der Waals surface area contributed by atoms with E-state index in [1.54, 1.807) is 0 Å². The Hall–Kier alpha value is -3.41. The molecule has 0 bridgehead atoms. The Morgan fingerprint density at radius 2 is 1.30 bits per heavy atom. The summed E-state index contributed by atoms with van der Waals surface area (Å²) in [7, 11) is 0. The summed E-state index contributed by atoms with van der Waals surface area (Å²) in [6.45, 7) is 6.46. The van der Waals surface area contributed by atoms with Crippen LogP contribution in [0.1, 0.15) is 31.9 Å². The molecule has 3 rings (SSSR count). The maximum absolute atomic E-state index is 13.6. The molecule has 0 fully saturated rings. The minimum atomic E-state index is -0.900. The van der Waals surface area contributed by atoms with E-state index in [9.17, 15) is 14.4 Å². The Labute approximate surface area is 176 Å². The van der Waals surface area contributed by atoms with E-state index in [1.165, 1.54) is 0 Å². The first-order valence-corrected chi connectivity index (χ1v) is 10.1. The van der Waals surface area contributed by atoms with Crippen molar-refractivity contribution < 1.29 is 4.79 Å². The second-order valence-electron chi connectivity index (χ2n) is 7.49. The molecule has 1 amide bonds. The molecule has 0 aliphatic heterocycles. The number of hydrogen-bond acceptors (Lipinski definition) is 5. The molecule has 6 heteroatoms. The Balaban J connectivity index is 1.90. The van der Waals surface area contributed by atoms with E-state index in [4.69, 9.17) is 0 Å². The molecule has 0 saturated heterocycles. The summed E-state index contributed by atoms with van der Waals surface area (Å²) in [4.78, 5) is 37.1. The lowest BCUT2D eigenvalue weighted by molar-refractivity contribution is -0.126. The van der Waals surface area contributed by atoms with Crippen LogP contribution in [-0.4, -0.2) is 19.1 Å². The maximum Gasteiger partial charge on any atom is 0.253 e. The first kappa shape index (κ1) is 21.3. The van der Waals surface area contributed by atoms with Crippen molar-refractivity contribution in [1.29, 1.82) is 0 Å². The van der Waals surface area contributed by atoms with Gasteiger partial charge in [-0.1, -0.05) is 74.5 Å². The molecule has 3 N–H and O–H groups in total. The third-order valence-corrected chi connectivity index (χ3v) is 5.46. The number of nitrogens with one attached hydrogen (secondary N) is 3. The van der Waals surface area contributed by atoms with Crippen molar-refractivity contribution >= 4 is 17.3 Å². The standard InChI is InChI=1S/C24H27N3O3/c1-4-25-19-20(22(29)21(19)28)26-15-27-23(30)24(16(2)3,17-11-7-5-8-12-17)18-13-9-6-10-14-18/h5-14,16,25-26H,4,15H2,1-3H3,(H,27,30). The van der Waals surface area contributed by atoms with Gasteiger partial charge in [-0.05, 0) is 24.0 Å². The van der Waals surface area contributed by atoms with Crippen LogP contribution in [0.2, 0.25) is 0 Å². The van der Waals surface area contributed by atoms with Gasteiger partial charge in [0.25, 0.3) is 10.9 Å². The smallest absolute Gasteiger partial charge is 0.253 e. The van der Waals surface area contributed by atoms with Crippen molar-refractivity contribution in [3.05, 3.63) is 92.2 Å². The normalized spacial score (nSPS) is 11.5. The lowest BCUT2D eigenvalue weighted by Gasteiger charge is -2.37. The molecular formula is C24H27N3O3. The minimum absolute atomic E-state index is 0.0363. The van der Waals surface area contributed by atoms with Crippen molar-refractivity contribution in [2.45, 2.75) is 26.2 Å². The fourth-order valence-corrected chi connectivity index (χ4v) is 4.02. The van der Waals surface area contributed by atoms with Crippen molar-refractivity contribution in [3.8, 4) is 0 Å². The summed E-state index contributed by atoms with van der Waals surface area (Å²) in [5.41, 5.74) is 0.284. The second kappa shape index (κ2) is 8.95. The molecule has 6 nitrogen and oxygen atoms in total. The molecule has 0 unspecified atom stereocenters. The Morgan fingerprint density at radius 3 is 1.73 bits per heavy atom. The van der Waals surface area contributed by atoms with Crippen LogP contribution in [0.4, 0.5) is 11.4 Å². The summed E-state index contributed by atoms with van der Waals surface area (Å²) < 4.78 is 0. The lowest BCUT2D eigenvalue weighted by atomic mass is 9.66. The summed E-state index contributed by atoms with van der Waals surface area (Å²) in [5.74, 6) is -0.211. The highest BCUT2D eigenvalue weighted by Gasteiger charge is 2.44. The van der Waals surface area contributed by atoms with Crippen LogP contribution in [0.15, 0.2) is 70.3 Å². The van der Waals surface area contributed by atoms with Crippen LogP contribution < -0.4 is 26.8 Å². The topological polar surface area (TPSA) is 87.3 Å². The molecule has 0 aliphatic carbocycles. The zero-order valence-corrected chi connectivity index (χ0v) is 17.5. The number of carbonyl (C=O) groups excluding carboxylic acids is 1. The highest BCUT2D eigenvalue weighted by molar-refractivity contribution is 5.92. The van der Waals surface area contributed by atoms with Gasteiger partial charge in [-0.2, -0.15) is 0 Å². The van der Waals surface area contributed by atoms with Gasteiger partial charge in [0.1, 0.15) is 16.8 Å². The first-order valence-electron chi connectivity index (χ1n) is 10.1. The molecule has 156 valence electrons. The average molecular weight is 405 g/mol. The van der Waals surface area contributed by atoms with Crippen molar-refractivity contribution in [1.82, 2.24) is 5.32 Å². The SMILES string of the molecule is CCNc1c(NCNC(=O)C(c2ccccc2)(c2ccccc2)C(C)C)c(=O)c1=O. The highest BCUT2D eigenvalue weighted by Crippen LogP contribution is 2.39. The predicted molar refractivity (Wildman–Crippen MR) is 121 cm³/mol. The molecule has 0 atom stereocenters. The van der Waals surface area contributed by atoms with E-state index in [2.05, 4.69) is 16.0 Å². The van der Waals surface area contributed by atoms with Crippen LogP contribution >= 0.6 is 0 Å². The molecule has 0 aromatic heterocycles. The average Bonchev–Trinajstić information content (AvgIpc) is 2.77. The molecule has 0 aliphatic rings. The number of amides is 1. The fraction of sp³-hybridized carbons (Fsp3) is 0.292. The van der Waals surface area contributed by atoms with Gasteiger partial charge >= 0.3 is 0 Å². The van der Waals surface area contributed by atoms with E-state index in [-0.39, 0.29) is 29.9 Å². The van der Waals surface area contributed by atoms with E-state index >= 15 is 0 Å². The van der Waals surface area contributed by atoms with Crippen molar-refractivity contribution in [2.75, 3.05) is 23.8 Å². The van der Waals surface area contributed by atoms with Crippen LogP contribution in [-0.2, 0) is 10.2 Å². The third-order valence-electron chi connectivity index (χ3n) is 5.46. The molecule has 3 aromatic rings. The van der Waals surface area contributed by atoms with Crippen molar-refractivity contribution in [2.24, 2.45) is 5.92 Å². The predicted octanol–water partition coefficient (Wildman–Crippen LogP) is 2.84. The maximum atomic E-state index is 13.6. The molecule has 0 spiro atoms. The second-order valence-corrected chi connectivity index (χ2v) is 7.49. The van der Waals surface area contributed by atoms with E-state index in [0.29, 0.717) is 6.54 Å². The molecule has 30 heavy (non-hydrogen) atoms.